The molecule has 3 nitrogen and oxygen atoms in total. The van der Waals surface area contributed by atoms with Crippen LogP contribution in [0.5, 0.6) is 0 Å². The topological polar surface area (TPSA) is 15.7 Å². The van der Waals surface area contributed by atoms with E-state index in [2.05, 4.69) is 42.7 Å². The van der Waals surface area contributed by atoms with E-state index in [-0.39, 0.29) is 0 Å². The first-order chi connectivity index (χ1) is 9.13. The molecule has 1 aromatic rings. The highest BCUT2D eigenvalue weighted by molar-refractivity contribution is 7.11. The maximum atomic E-state index is 5.98. The number of thiophene rings is 1. The predicted octanol–water partition coefficient (Wildman–Crippen LogP) is 2.35. The number of nitrogens with zero attached hydrogens (tertiary/aromatic N) is 2. The van der Waals surface area contributed by atoms with Crippen LogP contribution in [0.25, 0.3) is 0 Å². The lowest BCUT2D eigenvalue weighted by atomic mass is 10.1. The van der Waals surface area contributed by atoms with Crippen molar-refractivity contribution in [2.75, 3.05) is 26.2 Å². The van der Waals surface area contributed by atoms with Gasteiger partial charge in [-0.25, -0.2) is 0 Å². The van der Waals surface area contributed by atoms with Gasteiger partial charge >= 0.3 is 0 Å². The highest BCUT2D eigenvalue weighted by Crippen LogP contribution is 2.27. The van der Waals surface area contributed by atoms with E-state index < -0.39 is 0 Å². The Morgan fingerprint density at radius 2 is 2.21 bits per heavy atom. The van der Waals surface area contributed by atoms with Crippen molar-refractivity contribution in [2.45, 2.75) is 45.5 Å². The van der Waals surface area contributed by atoms with Gasteiger partial charge in [-0.15, -0.1) is 11.3 Å². The summed E-state index contributed by atoms with van der Waals surface area (Å²) < 4.78 is 5.98. The van der Waals surface area contributed by atoms with E-state index in [1.54, 1.807) is 0 Å². The third-order valence-electron chi connectivity index (χ3n) is 4.26. The highest BCUT2D eigenvalue weighted by Gasteiger charge is 2.40. The number of rotatable bonds is 3. The quantitative estimate of drug-likeness (QED) is 0.845. The molecule has 0 bridgehead atoms. The summed E-state index contributed by atoms with van der Waals surface area (Å²) in [5.74, 6) is 0. The zero-order chi connectivity index (χ0) is 13.4. The van der Waals surface area contributed by atoms with Crippen LogP contribution in [-0.2, 0) is 11.3 Å². The molecular weight excluding hydrogens is 256 g/mol. The maximum Gasteiger partial charge on any atom is 0.0870 e. The van der Waals surface area contributed by atoms with Crippen molar-refractivity contribution >= 4 is 11.3 Å². The van der Waals surface area contributed by atoms with Crippen LogP contribution in [0.1, 0.15) is 23.6 Å². The van der Waals surface area contributed by atoms with Crippen LogP contribution in [0.4, 0.5) is 0 Å². The summed E-state index contributed by atoms with van der Waals surface area (Å²) in [5, 5.41) is 0. The summed E-state index contributed by atoms with van der Waals surface area (Å²) in [6, 6.07) is 5.71. The van der Waals surface area contributed by atoms with Crippen molar-refractivity contribution in [2.24, 2.45) is 0 Å². The Bertz CT molecular complexity index is 432. The third-order valence-corrected chi connectivity index (χ3v) is 5.24. The summed E-state index contributed by atoms with van der Waals surface area (Å²) >= 11 is 1.92. The molecule has 0 spiro atoms. The average molecular weight is 280 g/mol. The SMILES string of the molecule is Cc1ccc(CN2C[C@@H]3OCCN(C(C)C)[C@@H]3C2)s1. The molecule has 3 heterocycles. The molecule has 2 aliphatic heterocycles. The molecule has 2 fully saturated rings. The van der Waals surface area contributed by atoms with Crippen molar-refractivity contribution in [3.05, 3.63) is 21.9 Å². The number of hydrogen-bond acceptors (Lipinski definition) is 4. The molecule has 4 heteroatoms. The maximum absolute atomic E-state index is 5.98. The number of fused-ring (bicyclic) bond motifs is 1. The molecule has 2 saturated heterocycles. The van der Waals surface area contributed by atoms with Crippen LogP contribution in [0.3, 0.4) is 0 Å². The second-order valence-electron chi connectivity index (χ2n) is 6.01. The van der Waals surface area contributed by atoms with Crippen LogP contribution >= 0.6 is 11.3 Å². The van der Waals surface area contributed by atoms with Crippen LogP contribution in [-0.4, -0.2) is 54.2 Å². The summed E-state index contributed by atoms with van der Waals surface area (Å²) in [4.78, 5) is 8.06. The van der Waals surface area contributed by atoms with Gasteiger partial charge in [0.15, 0.2) is 0 Å². The first-order valence-electron chi connectivity index (χ1n) is 7.28. The van der Waals surface area contributed by atoms with Gasteiger partial charge < -0.3 is 4.74 Å². The Balaban J connectivity index is 1.65. The van der Waals surface area contributed by atoms with Crippen molar-refractivity contribution < 1.29 is 4.74 Å². The Morgan fingerprint density at radius 3 is 2.89 bits per heavy atom. The Hall–Kier alpha value is -0.420. The first kappa shape index (κ1) is 13.6. The van der Waals surface area contributed by atoms with Crippen LogP contribution in [0.15, 0.2) is 12.1 Å². The summed E-state index contributed by atoms with van der Waals surface area (Å²) in [5.41, 5.74) is 0. The molecule has 0 radical (unpaired) electrons. The molecule has 106 valence electrons. The standard InChI is InChI=1S/C15H24N2OS/c1-11(2)17-6-7-18-15-10-16(9-14(15)17)8-13-5-4-12(3)19-13/h4-5,11,14-15H,6-10H2,1-3H3/t14-,15+/m1/s1. The molecule has 19 heavy (non-hydrogen) atoms. The largest absolute Gasteiger partial charge is 0.374 e. The Kier molecular flexibility index (Phi) is 3.94. The molecule has 0 unspecified atom stereocenters. The van der Waals surface area contributed by atoms with Gasteiger partial charge in [0.05, 0.1) is 18.8 Å². The summed E-state index contributed by atoms with van der Waals surface area (Å²) in [6.45, 7) is 12.1. The number of morpholine rings is 1. The molecule has 0 aliphatic carbocycles. The van der Waals surface area contributed by atoms with Crippen LogP contribution < -0.4 is 0 Å². The van der Waals surface area contributed by atoms with Gasteiger partial charge in [-0.2, -0.15) is 0 Å². The van der Waals surface area contributed by atoms with Crippen molar-refractivity contribution in [3.63, 3.8) is 0 Å². The lowest BCUT2D eigenvalue weighted by Crippen LogP contribution is -2.53. The molecule has 0 N–H and O–H groups in total. The van der Waals surface area contributed by atoms with Gasteiger partial charge in [0.2, 0.25) is 0 Å². The minimum absolute atomic E-state index is 0.414. The lowest BCUT2D eigenvalue weighted by Gasteiger charge is -2.39. The van der Waals surface area contributed by atoms with Crippen LogP contribution in [0.2, 0.25) is 0 Å². The van der Waals surface area contributed by atoms with Crippen LogP contribution in [0, 0.1) is 6.92 Å². The lowest BCUT2D eigenvalue weighted by molar-refractivity contribution is -0.0583. The van der Waals surface area contributed by atoms with E-state index in [0.29, 0.717) is 18.2 Å². The minimum atomic E-state index is 0.414. The second kappa shape index (κ2) is 5.52. The van der Waals surface area contributed by atoms with E-state index in [9.17, 15) is 0 Å². The molecular formula is C15H24N2OS. The van der Waals surface area contributed by atoms with Gasteiger partial charge in [-0.3, -0.25) is 9.80 Å². The van der Waals surface area contributed by atoms with Crippen molar-refractivity contribution in [1.82, 2.24) is 9.80 Å². The van der Waals surface area contributed by atoms with Crippen molar-refractivity contribution in [3.8, 4) is 0 Å². The predicted molar refractivity (Wildman–Crippen MR) is 79.7 cm³/mol. The van der Waals surface area contributed by atoms with Gasteiger partial charge in [0.1, 0.15) is 0 Å². The van der Waals surface area contributed by atoms with E-state index >= 15 is 0 Å². The van der Waals surface area contributed by atoms with E-state index in [1.807, 2.05) is 11.3 Å². The van der Waals surface area contributed by atoms with Crippen molar-refractivity contribution in [1.29, 1.82) is 0 Å². The Labute approximate surface area is 120 Å². The van der Waals surface area contributed by atoms with E-state index in [1.165, 1.54) is 9.75 Å². The smallest absolute Gasteiger partial charge is 0.0870 e. The fourth-order valence-corrected chi connectivity index (χ4v) is 4.28. The second-order valence-corrected chi connectivity index (χ2v) is 7.39. The molecule has 0 aromatic carbocycles. The van der Waals surface area contributed by atoms with Gasteiger partial charge in [-0.05, 0) is 32.9 Å². The number of aryl methyl sites for hydroxylation is 1. The minimum Gasteiger partial charge on any atom is -0.374 e. The molecule has 0 saturated carbocycles. The number of hydrogen-bond donors (Lipinski definition) is 0. The Morgan fingerprint density at radius 1 is 1.37 bits per heavy atom. The normalized spacial score (nSPS) is 29.1. The monoisotopic (exact) mass is 280 g/mol. The summed E-state index contributed by atoms with van der Waals surface area (Å²) in [7, 11) is 0. The van der Waals surface area contributed by atoms with Gasteiger partial charge in [0, 0.05) is 42.0 Å². The van der Waals surface area contributed by atoms with E-state index in [0.717, 1.165) is 32.8 Å². The summed E-state index contributed by atoms with van der Waals surface area (Å²) in [6.07, 6.45) is 0.414. The molecule has 2 aliphatic rings. The zero-order valence-corrected chi connectivity index (χ0v) is 12.9. The number of likely N-dealkylation sites (tertiary alicyclic amines) is 1. The number of ether oxygens (including phenoxy) is 1. The van der Waals surface area contributed by atoms with Gasteiger partial charge in [0.25, 0.3) is 0 Å². The molecule has 3 rings (SSSR count). The third kappa shape index (κ3) is 2.87. The average Bonchev–Trinajstić information content (AvgIpc) is 2.94. The molecule has 1 aromatic heterocycles. The molecule has 2 atom stereocenters. The fraction of sp³-hybridized carbons (Fsp3) is 0.733. The zero-order valence-electron chi connectivity index (χ0n) is 12.1. The van der Waals surface area contributed by atoms with Gasteiger partial charge in [-0.1, -0.05) is 0 Å². The fourth-order valence-electron chi connectivity index (χ4n) is 3.35. The highest BCUT2D eigenvalue weighted by atomic mass is 32.1. The van der Waals surface area contributed by atoms with E-state index in [4.69, 9.17) is 4.74 Å². The molecule has 0 amide bonds. The first-order valence-corrected chi connectivity index (χ1v) is 8.10.